The number of nitrogens with two attached hydrogens (primary N) is 1. The molecule has 0 spiro atoms. The predicted molar refractivity (Wildman–Crippen MR) is 368 cm³/mol. The number of aliphatic imine (C=N–C) groups is 1. The van der Waals surface area contributed by atoms with Crippen molar-refractivity contribution in [2.45, 2.75) is 190 Å². The molecule has 0 radical (unpaired) electrons. The van der Waals surface area contributed by atoms with E-state index in [-0.39, 0.29) is 117 Å². The number of nitrogens with one attached hydrogen (secondary N) is 3. The van der Waals surface area contributed by atoms with Crippen LogP contribution in [0.3, 0.4) is 0 Å². The van der Waals surface area contributed by atoms with Gasteiger partial charge in [0.2, 0.25) is 0 Å². The minimum Gasteiger partial charge on any atom is -0.508 e. The van der Waals surface area contributed by atoms with E-state index in [9.17, 15) is 45.6 Å². The molecule has 18 nitrogen and oxygen atoms in total. The maximum absolute atomic E-state index is 17.0. The normalized spacial score (nSPS) is 40.9. The number of aliphatic hydroxyl groups is 8. The van der Waals surface area contributed by atoms with Crippen molar-refractivity contribution in [1.29, 1.82) is 0 Å². The number of allylic oxidation sites excluding steroid dienone is 3. The van der Waals surface area contributed by atoms with Gasteiger partial charge in [0.15, 0.2) is 23.8 Å². The van der Waals surface area contributed by atoms with E-state index < -0.39 is 130 Å². The molecule has 1 aromatic heterocycles. The number of phenolic OH excluding ortho intramolecular Hbond substituents is 1. The Hall–Kier alpha value is -5.18. The third kappa shape index (κ3) is 12.6. The molecule has 14 N–H and O–H groups in total. The number of aromatic amines is 1. The predicted octanol–water partition coefficient (Wildman–Crippen LogP) is 7.93. The van der Waals surface area contributed by atoms with Gasteiger partial charge in [0.25, 0.3) is 0 Å². The first-order chi connectivity index (χ1) is 46.2. The highest BCUT2D eigenvalue weighted by molar-refractivity contribution is 8.76. The second kappa shape index (κ2) is 28.4. The summed E-state index contributed by atoms with van der Waals surface area (Å²) >= 11 is 0. The van der Waals surface area contributed by atoms with Crippen molar-refractivity contribution >= 4 is 45.1 Å². The van der Waals surface area contributed by atoms with Gasteiger partial charge in [0.1, 0.15) is 11.8 Å². The second-order valence-electron chi connectivity index (χ2n) is 31.0. The van der Waals surface area contributed by atoms with Crippen LogP contribution in [0.1, 0.15) is 158 Å². The van der Waals surface area contributed by atoms with Gasteiger partial charge in [0.05, 0.1) is 60.9 Å². The third-order valence-corrected chi connectivity index (χ3v) is 28.6. The van der Waals surface area contributed by atoms with Crippen LogP contribution < -0.4 is 16.4 Å². The molecule has 8 aliphatic carbocycles. The van der Waals surface area contributed by atoms with Gasteiger partial charge in [-0.05, 0) is 178 Å². The molecule has 7 fully saturated rings. The van der Waals surface area contributed by atoms with Crippen LogP contribution in [-0.4, -0.2) is 148 Å². The summed E-state index contributed by atoms with van der Waals surface area (Å²) in [5.41, 5.74) is 4.30. The van der Waals surface area contributed by atoms with E-state index in [1.807, 2.05) is 42.6 Å². The van der Waals surface area contributed by atoms with Crippen LogP contribution in [0, 0.1) is 99.6 Å². The maximum atomic E-state index is 17.0. The number of ether oxygens (including phenoxy) is 1. The fourth-order valence-corrected chi connectivity index (χ4v) is 24.5. The molecule has 3 heterocycles. The van der Waals surface area contributed by atoms with Crippen LogP contribution >= 0.6 is 21.6 Å². The summed E-state index contributed by atoms with van der Waals surface area (Å²) in [7, 11) is 3.02. The molecule has 10 aliphatic rings. The Morgan fingerprint density at radius 3 is 2.41 bits per heavy atom. The monoisotopic (exact) mass is 1360 g/mol. The molecule has 0 amide bonds. The minimum atomic E-state index is -2.11. The van der Waals surface area contributed by atoms with E-state index in [1.54, 1.807) is 37.4 Å². The molecule has 2 saturated heterocycles. The number of carbonyl (C=O) groups excluding carboxylic acids is 3. The number of nitrogens with zero attached hydrogens (tertiary/aromatic N) is 1. The Bertz CT molecular complexity index is 3440. The van der Waals surface area contributed by atoms with E-state index in [1.165, 1.54) is 27.2 Å². The summed E-state index contributed by atoms with van der Waals surface area (Å²) in [5, 5.41) is 121. The molecule has 3 aromatic rings. The van der Waals surface area contributed by atoms with Gasteiger partial charge in [0, 0.05) is 90.1 Å². The number of Topliss-reactive ketones (excluding diaryl/α,β-unsaturated/α-hetero) is 2. The summed E-state index contributed by atoms with van der Waals surface area (Å²) in [5.74, 6) is 0.193. The molecule has 2 bridgehead atoms. The number of phenols is 1. The van der Waals surface area contributed by atoms with Crippen molar-refractivity contribution in [1.82, 2.24) is 15.6 Å². The number of esters is 1. The first-order valence-corrected chi connectivity index (χ1v) is 38.3. The number of fused-ring (bicyclic) bond motifs is 10. The number of ketones is 2. The first-order valence-electron chi connectivity index (χ1n) is 35.8. The summed E-state index contributed by atoms with van der Waals surface area (Å²) in [6.07, 6.45) is 8.38. The zero-order chi connectivity index (χ0) is 67.4. The largest absolute Gasteiger partial charge is 0.508 e. The highest BCUT2D eigenvalue weighted by atomic mass is 33.1. The van der Waals surface area contributed by atoms with Crippen molar-refractivity contribution in [3.05, 3.63) is 113 Å². The van der Waals surface area contributed by atoms with Crippen LogP contribution in [0.2, 0.25) is 0 Å². The summed E-state index contributed by atoms with van der Waals surface area (Å²) in [6.45, 7) is 3.67. The molecule has 0 unspecified atom stereocenters. The van der Waals surface area contributed by atoms with Crippen LogP contribution in [0.15, 0.2) is 101 Å². The quantitative estimate of drug-likeness (QED) is 0.0165. The number of guanidine groups is 1. The van der Waals surface area contributed by atoms with Crippen molar-refractivity contribution in [2.24, 2.45) is 98.5 Å². The second-order valence-corrected chi connectivity index (χ2v) is 33.5. The van der Waals surface area contributed by atoms with Gasteiger partial charge in [-0.15, -0.1) is 5.92 Å². The van der Waals surface area contributed by atoms with Gasteiger partial charge in [-0.3, -0.25) is 14.4 Å². The van der Waals surface area contributed by atoms with E-state index >= 15 is 14.7 Å². The molecule has 22 atom stereocenters. The lowest BCUT2D eigenvalue weighted by molar-refractivity contribution is -0.208. The average molecular weight is 1360 g/mol. The molecule has 2 aliphatic heterocycles. The Balaban J connectivity index is 1.01. The van der Waals surface area contributed by atoms with Crippen molar-refractivity contribution in [3.8, 4) is 17.6 Å². The molecular weight excluding hydrogens is 1250 g/mol. The number of cyclic esters (lactones) is 1. The van der Waals surface area contributed by atoms with Gasteiger partial charge in [-0.1, -0.05) is 108 Å². The van der Waals surface area contributed by atoms with Crippen LogP contribution in [0.4, 0.5) is 0 Å². The van der Waals surface area contributed by atoms with E-state index in [0.717, 1.165) is 68.1 Å². The molecule has 520 valence electrons. The molecule has 2 aromatic carbocycles. The summed E-state index contributed by atoms with van der Waals surface area (Å²) < 4.78 is 6.00. The number of H-pyrrole nitrogens is 1. The minimum absolute atomic E-state index is 0.00270. The molecule has 13 rings (SSSR count). The lowest BCUT2D eigenvalue weighted by Gasteiger charge is -2.66. The summed E-state index contributed by atoms with van der Waals surface area (Å²) in [6, 6.07) is 16.9. The fourth-order valence-electron chi connectivity index (χ4n) is 21.7. The third-order valence-electron chi connectivity index (χ3n) is 26.1. The lowest BCUT2D eigenvalue weighted by Crippen LogP contribution is -2.69. The van der Waals surface area contributed by atoms with Crippen LogP contribution in [0.5, 0.6) is 5.75 Å². The van der Waals surface area contributed by atoms with E-state index in [2.05, 4.69) is 40.5 Å². The highest BCUT2D eigenvalue weighted by Crippen LogP contribution is 2.75. The van der Waals surface area contributed by atoms with Crippen molar-refractivity contribution in [2.75, 3.05) is 31.3 Å². The SMILES string of the molecule is C[C@H]1CCC2=CC[C@@H]3[C@@H](C[C@@H]([C@@H]4COC(=O)[C@H]4c4cc[nH]c4)C#CC[C@H]4C[C@@]5(O)C6=C7N[C@H](CO)C(=O)C[C@H](c8ccc(O)cc8)CSSC[C@H]8[C@@H](O)[C@@H](O)C[C@@](C9CCCCC9)([C@@H]8C7=O)[C@H]6CC[C@]5(CCNC(N)=NCc5ccccc5)[C@H]4[C@@](C)(O)[C@H](O)C[C@H]3C(O)O)[C@@H]2C1. The highest BCUT2D eigenvalue weighted by Gasteiger charge is 2.76. The van der Waals surface area contributed by atoms with Crippen LogP contribution in [-0.2, 0) is 25.7 Å². The maximum Gasteiger partial charge on any atom is 0.313 e. The zero-order valence-electron chi connectivity index (χ0n) is 55.5. The molecule has 5 saturated carbocycles. The van der Waals surface area contributed by atoms with Gasteiger partial charge >= 0.3 is 5.97 Å². The Morgan fingerprint density at radius 1 is 0.896 bits per heavy atom. The number of hydrogen-bond donors (Lipinski definition) is 13. The number of aromatic nitrogens is 1. The number of aliphatic hydroxyl groups excluding tert-OH is 5. The Morgan fingerprint density at radius 2 is 1.67 bits per heavy atom. The number of rotatable bonds is 11. The summed E-state index contributed by atoms with van der Waals surface area (Å²) in [4.78, 5) is 54.2. The first kappa shape index (κ1) is 69.3. The lowest BCUT2D eigenvalue weighted by atomic mass is 9.39. The standard InChI is InChI=1S/C76H101N5O13S2/c1-42-16-17-45-20-23-52-54(53(45)30-42)31-46(56-39-94-71(91)63(56)48-25-28-78-37-48)12-9-13-47-34-76(93)65-58(24-26-74(76,69(47)73(2,92)62(86)33-55(52)70(89)90)27-29-79-72(77)80-36-43-10-5-3-6-11-43)75(50-14-7-4-8-15-50)35-61(85)67(87)57-41-96-95-40-49(44-18-21-51(83)22-19-44)32-60(84)59(38-82)81-66(65)68(88)64(57)75/h3,5-6,10-11,18-22,25,28,37,42,46-47,49-50,52-59,61-64,67,69-70,78,81-83,85-87,89-90,92-93H,4,7-8,13-17,23-24,26-27,29-36,38-41H2,1-2H3,(H3,77,79,80)/t42-,46-,47-,49-,52+,53+,54+,55+,56-,57+,58-,59+,61-,62+,63-,64-,67+,69+,73-,74-,75-,76+/m0/s1. The Kier molecular flexibility index (Phi) is 20.5. The van der Waals surface area contributed by atoms with E-state index in [4.69, 9.17) is 15.5 Å². The Labute approximate surface area is 572 Å². The number of benzene rings is 2. The molecule has 20 heteroatoms. The number of aromatic hydroxyl groups is 1. The zero-order valence-corrected chi connectivity index (χ0v) is 57.2. The number of carbonyl (C=O) groups is 3. The molecular formula is C76H101N5O13S2. The molecule has 96 heavy (non-hydrogen) atoms. The van der Waals surface area contributed by atoms with E-state index in [0.29, 0.717) is 36.5 Å². The van der Waals surface area contributed by atoms with Gasteiger partial charge in [-0.2, -0.15) is 0 Å². The smallest absolute Gasteiger partial charge is 0.313 e. The van der Waals surface area contributed by atoms with Gasteiger partial charge in [-0.25, -0.2) is 4.99 Å². The average Bonchev–Trinajstić information content (AvgIpc) is 1.11. The van der Waals surface area contributed by atoms with Crippen molar-refractivity contribution < 1.29 is 65.1 Å². The topological polar surface area (TPSA) is 321 Å². The van der Waals surface area contributed by atoms with Gasteiger partial charge < -0.3 is 72.0 Å². The number of hydrogen-bond acceptors (Lipinski definition) is 17. The van der Waals surface area contributed by atoms with Crippen LogP contribution in [0.25, 0.3) is 0 Å². The van der Waals surface area contributed by atoms with Crippen molar-refractivity contribution in [3.63, 3.8) is 0 Å². The fraction of sp³-hybridized carbons (Fsp3) is 0.658.